The van der Waals surface area contributed by atoms with Gasteiger partial charge in [0, 0.05) is 17.9 Å². The molecule has 1 aliphatic rings. The van der Waals surface area contributed by atoms with Crippen molar-refractivity contribution in [2.45, 2.75) is 26.2 Å². The topological polar surface area (TPSA) is 70.7 Å². The van der Waals surface area contributed by atoms with Gasteiger partial charge < -0.3 is 16.0 Å². The molecule has 0 aromatic heterocycles. The molecule has 0 unspecified atom stereocenters. The summed E-state index contributed by atoms with van der Waals surface area (Å²) in [5.74, 6) is 0.223. The third kappa shape index (κ3) is 4.18. The van der Waals surface area contributed by atoms with E-state index in [0.717, 1.165) is 37.2 Å². The fourth-order valence-corrected chi connectivity index (χ4v) is 3.04. The van der Waals surface area contributed by atoms with Crippen LogP contribution < -0.4 is 16.0 Å². The number of anilines is 2. The number of nitrogens with one attached hydrogen (secondary N) is 1. The second-order valence-electron chi connectivity index (χ2n) is 6.15. The first-order chi connectivity index (χ1) is 12.2. The predicted octanol–water partition coefficient (Wildman–Crippen LogP) is 2.96. The Hall–Kier alpha value is -2.82. The summed E-state index contributed by atoms with van der Waals surface area (Å²) in [4.78, 5) is 18.6. The molecule has 5 heteroatoms. The van der Waals surface area contributed by atoms with E-state index in [1.807, 2.05) is 47.4 Å². The van der Waals surface area contributed by atoms with Crippen molar-refractivity contribution >= 4 is 23.2 Å². The summed E-state index contributed by atoms with van der Waals surface area (Å²) in [6, 6.07) is 16.1. The maximum Gasteiger partial charge on any atom is 0.248 e. The van der Waals surface area contributed by atoms with Crippen molar-refractivity contribution in [1.29, 1.82) is 0 Å². The molecule has 5 nitrogen and oxygen atoms in total. The van der Waals surface area contributed by atoms with Gasteiger partial charge in [-0.2, -0.15) is 0 Å². The molecule has 0 atom stereocenters. The van der Waals surface area contributed by atoms with Gasteiger partial charge in [-0.1, -0.05) is 37.3 Å². The molecule has 0 bridgehead atoms. The van der Waals surface area contributed by atoms with Crippen LogP contribution >= 0.6 is 0 Å². The molecule has 1 aliphatic heterocycles. The lowest BCUT2D eigenvalue weighted by atomic mass is 10.0. The van der Waals surface area contributed by atoms with Crippen molar-refractivity contribution in [2.24, 2.45) is 10.7 Å². The summed E-state index contributed by atoms with van der Waals surface area (Å²) < 4.78 is 0. The Morgan fingerprint density at radius 2 is 1.96 bits per heavy atom. The number of aliphatic imine (C=N–C) groups is 1. The van der Waals surface area contributed by atoms with E-state index in [2.05, 4.69) is 23.3 Å². The molecule has 1 heterocycles. The van der Waals surface area contributed by atoms with E-state index in [1.165, 1.54) is 11.1 Å². The van der Waals surface area contributed by atoms with E-state index < -0.39 is 0 Å². The number of carbonyl (C=O) groups is 1. The van der Waals surface area contributed by atoms with Gasteiger partial charge in [-0.25, -0.2) is 4.99 Å². The van der Waals surface area contributed by atoms with Crippen molar-refractivity contribution in [1.82, 2.24) is 0 Å². The number of rotatable bonds is 4. The lowest BCUT2D eigenvalue weighted by molar-refractivity contribution is -0.117. The number of hydrogen-bond donors (Lipinski definition) is 2. The molecule has 0 radical (unpaired) electrons. The number of hydrogen-bond acceptors (Lipinski definition) is 2. The van der Waals surface area contributed by atoms with Crippen molar-refractivity contribution in [2.75, 3.05) is 23.3 Å². The Balaban J connectivity index is 1.62. The summed E-state index contributed by atoms with van der Waals surface area (Å²) in [6.45, 7) is 2.89. The first kappa shape index (κ1) is 17.0. The second kappa shape index (κ2) is 7.83. The largest absolute Gasteiger partial charge is 0.370 e. The first-order valence-corrected chi connectivity index (χ1v) is 8.71. The lowest BCUT2D eigenvalue weighted by Gasteiger charge is -2.29. The third-order valence-electron chi connectivity index (χ3n) is 4.43. The van der Waals surface area contributed by atoms with Gasteiger partial charge in [0.15, 0.2) is 5.96 Å². The summed E-state index contributed by atoms with van der Waals surface area (Å²) in [7, 11) is 0. The van der Waals surface area contributed by atoms with Crippen LogP contribution in [0.4, 0.5) is 11.4 Å². The minimum absolute atomic E-state index is 0.0294. The van der Waals surface area contributed by atoms with Gasteiger partial charge in [-0.15, -0.1) is 0 Å². The van der Waals surface area contributed by atoms with Crippen LogP contribution in [0.3, 0.4) is 0 Å². The van der Waals surface area contributed by atoms with Crippen LogP contribution in [0.1, 0.15) is 24.5 Å². The lowest BCUT2D eigenvalue weighted by Crippen LogP contribution is -2.37. The molecule has 3 N–H and O–H groups in total. The van der Waals surface area contributed by atoms with Gasteiger partial charge in [0.1, 0.15) is 6.54 Å². The van der Waals surface area contributed by atoms with Crippen LogP contribution in [0, 0.1) is 0 Å². The van der Waals surface area contributed by atoms with Crippen molar-refractivity contribution < 1.29 is 4.79 Å². The molecule has 0 spiro atoms. The highest BCUT2D eigenvalue weighted by Gasteiger charge is 2.21. The Bertz CT molecular complexity index is 768. The highest BCUT2D eigenvalue weighted by Crippen LogP contribution is 2.26. The average Bonchev–Trinajstić information content (AvgIpc) is 2.66. The molecule has 130 valence electrons. The number of para-hydroxylation sites is 1. The number of nitrogens with zero attached hydrogens (tertiary/aromatic N) is 2. The number of benzene rings is 2. The molecule has 2 aromatic carbocycles. The number of guanidine groups is 1. The van der Waals surface area contributed by atoms with Crippen LogP contribution in [-0.2, 0) is 17.6 Å². The predicted molar refractivity (Wildman–Crippen MR) is 103 cm³/mol. The number of fused-ring (bicyclic) bond motifs is 1. The van der Waals surface area contributed by atoms with E-state index in [0.29, 0.717) is 0 Å². The maximum atomic E-state index is 12.5. The molecular formula is C20H24N4O. The first-order valence-electron chi connectivity index (χ1n) is 8.71. The van der Waals surface area contributed by atoms with Gasteiger partial charge in [-0.3, -0.25) is 4.79 Å². The van der Waals surface area contributed by atoms with E-state index in [-0.39, 0.29) is 18.4 Å². The molecule has 0 fully saturated rings. The Morgan fingerprint density at radius 3 is 2.72 bits per heavy atom. The standard InChI is InChI=1S/C20H24N4O/c1-2-15-9-11-17(12-10-15)23-20(21)22-14-19(25)24-13-5-7-16-6-3-4-8-18(16)24/h3-4,6,8-12H,2,5,7,13-14H2,1H3,(H3,21,22,23). The molecule has 1 amide bonds. The minimum Gasteiger partial charge on any atom is -0.370 e. The van der Waals surface area contributed by atoms with Crippen LogP contribution in [0.2, 0.25) is 0 Å². The maximum absolute atomic E-state index is 12.5. The zero-order valence-corrected chi connectivity index (χ0v) is 14.5. The number of nitrogens with two attached hydrogens (primary N) is 1. The van der Waals surface area contributed by atoms with Crippen molar-refractivity contribution in [3.05, 3.63) is 59.7 Å². The van der Waals surface area contributed by atoms with Crippen molar-refractivity contribution in [3.63, 3.8) is 0 Å². The molecule has 0 saturated carbocycles. The summed E-state index contributed by atoms with van der Waals surface area (Å²) in [6.07, 6.45) is 2.99. The smallest absolute Gasteiger partial charge is 0.248 e. The fourth-order valence-electron chi connectivity index (χ4n) is 3.04. The normalized spacial score (nSPS) is 14.1. The van der Waals surface area contributed by atoms with Gasteiger partial charge in [-0.05, 0) is 48.6 Å². The van der Waals surface area contributed by atoms with Crippen LogP contribution in [0.15, 0.2) is 53.5 Å². The van der Waals surface area contributed by atoms with E-state index >= 15 is 0 Å². The Labute approximate surface area is 148 Å². The van der Waals surface area contributed by atoms with Crippen LogP contribution in [0.5, 0.6) is 0 Å². The zero-order chi connectivity index (χ0) is 17.6. The molecule has 0 saturated heterocycles. The van der Waals surface area contributed by atoms with Gasteiger partial charge >= 0.3 is 0 Å². The second-order valence-corrected chi connectivity index (χ2v) is 6.15. The molecular weight excluding hydrogens is 312 g/mol. The summed E-state index contributed by atoms with van der Waals surface area (Å²) >= 11 is 0. The zero-order valence-electron chi connectivity index (χ0n) is 14.5. The van der Waals surface area contributed by atoms with Crippen LogP contribution in [0.25, 0.3) is 0 Å². The van der Waals surface area contributed by atoms with Crippen molar-refractivity contribution in [3.8, 4) is 0 Å². The third-order valence-corrected chi connectivity index (χ3v) is 4.43. The monoisotopic (exact) mass is 336 g/mol. The molecule has 25 heavy (non-hydrogen) atoms. The Morgan fingerprint density at radius 1 is 1.20 bits per heavy atom. The number of aryl methyl sites for hydroxylation is 2. The van der Waals surface area contributed by atoms with E-state index in [4.69, 9.17) is 5.73 Å². The quantitative estimate of drug-likeness (QED) is 0.666. The van der Waals surface area contributed by atoms with Gasteiger partial charge in [0.05, 0.1) is 0 Å². The summed E-state index contributed by atoms with van der Waals surface area (Å²) in [5.41, 5.74) is 10.3. The number of amides is 1. The van der Waals surface area contributed by atoms with Crippen LogP contribution in [-0.4, -0.2) is 25.0 Å². The molecule has 3 rings (SSSR count). The van der Waals surface area contributed by atoms with E-state index in [1.54, 1.807) is 0 Å². The highest BCUT2D eigenvalue weighted by molar-refractivity contribution is 5.99. The highest BCUT2D eigenvalue weighted by atomic mass is 16.2. The summed E-state index contributed by atoms with van der Waals surface area (Å²) in [5, 5.41) is 3.03. The SMILES string of the molecule is CCc1ccc(NC(N)=NCC(=O)N2CCCc3ccccc32)cc1. The average molecular weight is 336 g/mol. The van der Waals surface area contributed by atoms with Gasteiger partial charge in [0.2, 0.25) is 5.91 Å². The Kier molecular flexibility index (Phi) is 5.33. The van der Waals surface area contributed by atoms with Gasteiger partial charge in [0.25, 0.3) is 0 Å². The fraction of sp³-hybridized carbons (Fsp3) is 0.300. The molecule has 2 aromatic rings. The van der Waals surface area contributed by atoms with E-state index in [9.17, 15) is 4.79 Å². The number of carbonyl (C=O) groups excluding carboxylic acids is 1. The molecule has 0 aliphatic carbocycles. The minimum atomic E-state index is -0.0294.